The van der Waals surface area contributed by atoms with Gasteiger partial charge in [-0.1, -0.05) is 44.2 Å². The third-order valence-electron chi connectivity index (χ3n) is 5.06. The maximum Gasteiger partial charge on any atom is 0.410 e. The molecule has 0 aromatic heterocycles. The van der Waals surface area contributed by atoms with Gasteiger partial charge in [0.1, 0.15) is 5.60 Å². The minimum Gasteiger partial charge on any atom is -0.469 e. The van der Waals surface area contributed by atoms with Crippen LogP contribution < -0.4 is 0 Å². The minimum absolute atomic E-state index is 0.202. The Labute approximate surface area is 186 Å². The van der Waals surface area contributed by atoms with Gasteiger partial charge in [-0.3, -0.25) is 4.79 Å². The van der Waals surface area contributed by atoms with E-state index in [9.17, 15) is 14.9 Å². The van der Waals surface area contributed by atoms with Gasteiger partial charge in [-0.25, -0.2) is 4.79 Å². The topological polar surface area (TPSA) is 79.6 Å². The van der Waals surface area contributed by atoms with Gasteiger partial charge >= 0.3 is 12.1 Å². The predicted octanol–water partition coefficient (Wildman–Crippen LogP) is 5.47. The summed E-state index contributed by atoms with van der Waals surface area (Å²) in [4.78, 5) is 25.3. The lowest BCUT2D eigenvalue weighted by molar-refractivity contribution is -0.140. The molecule has 1 aliphatic heterocycles. The largest absolute Gasteiger partial charge is 0.469 e. The van der Waals surface area contributed by atoms with Crippen molar-refractivity contribution in [2.45, 2.75) is 71.8 Å². The number of nitrogens with zero attached hydrogens (tertiary/aromatic N) is 2. The van der Waals surface area contributed by atoms with Crippen molar-refractivity contribution >= 4 is 17.6 Å². The molecule has 1 heterocycles. The SMILES string of the molecule is CC.COC(=O)CCC(C)(C#N)c1ccc(C2=CCN(C(=O)OC(C)(C)C)CC2)cc1. The van der Waals surface area contributed by atoms with Gasteiger partial charge in [-0.15, -0.1) is 0 Å². The summed E-state index contributed by atoms with van der Waals surface area (Å²) < 4.78 is 10.1. The summed E-state index contributed by atoms with van der Waals surface area (Å²) in [6.45, 7) is 12.5. The zero-order valence-electron chi connectivity index (χ0n) is 19.9. The molecule has 0 N–H and O–H groups in total. The van der Waals surface area contributed by atoms with E-state index < -0.39 is 11.0 Å². The second kappa shape index (κ2) is 11.5. The number of carbonyl (C=O) groups is 2. The molecule has 31 heavy (non-hydrogen) atoms. The predicted molar refractivity (Wildman–Crippen MR) is 122 cm³/mol. The van der Waals surface area contributed by atoms with Crippen molar-refractivity contribution in [2.75, 3.05) is 20.2 Å². The zero-order valence-corrected chi connectivity index (χ0v) is 19.9. The van der Waals surface area contributed by atoms with E-state index in [-0.39, 0.29) is 18.5 Å². The summed E-state index contributed by atoms with van der Waals surface area (Å²) >= 11 is 0. The van der Waals surface area contributed by atoms with E-state index in [4.69, 9.17) is 4.74 Å². The Morgan fingerprint density at radius 1 is 1.13 bits per heavy atom. The second-order valence-corrected chi connectivity index (χ2v) is 8.50. The van der Waals surface area contributed by atoms with Gasteiger partial charge in [-0.05, 0) is 57.2 Å². The molecule has 0 aliphatic carbocycles. The van der Waals surface area contributed by atoms with E-state index in [0.29, 0.717) is 19.5 Å². The number of ether oxygens (including phenoxy) is 2. The van der Waals surface area contributed by atoms with Crippen LogP contribution in [-0.4, -0.2) is 42.8 Å². The number of esters is 1. The Hall–Kier alpha value is -2.81. The maximum atomic E-state index is 12.2. The smallest absolute Gasteiger partial charge is 0.410 e. The van der Waals surface area contributed by atoms with Gasteiger partial charge in [0.15, 0.2) is 0 Å². The lowest BCUT2D eigenvalue weighted by Crippen LogP contribution is -2.39. The molecule has 1 aliphatic rings. The maximum absolute atomic E-state index is 12.2. The molecule has 0 spiro atoms. The Morgan fingerprint density at radius 2 is 1.74 bits per heavy atom. The molecule has 1 aromatic rings. The lowest BCUT2D eigenvalue weighted by atomic mass is 9.79. The highest BCUT2D eigenvalue weighted by Crippen LogP contribution is 2.31. The average molecular weight is 429 g/mol. The van der Waals surface area contributed by atoms with Crippen molar-refractivity contribution in [1.29, 1.82) is 5.26 Å². The number of carbonyl (C=O) groups excluding carboxylic acids is 2. The summed E-state index contributed by atoms with van der Waals surface area (Å²) in [6, 6.07) is 10.2. The summed E-state index contributed by atoms with van der Waals surface area (Å²) in [5.74, 6) is -0.315. The van der Waals surface area contributed by atoms with Crippen LogP contribution in [0.5, 0.6) is 0 Å². The van der Waals surface area contributed by atoms with Gasteiger partial charge in [0.2, 0.25) is 0 Å². The summed E-state index contributed by atoms with van der Waals surface area (Å²) in [7, 11) is 1.35. The normalized spacial score (nSPS) is 15.4. The quantitative estimate of drug-likeness (QED) is 0.581. The Balaban J connectivity index is 0.00000233. The van der Waals surface area contributed by atoms with Crippen LogP contribution in [0.25, 0.3) is 5.57 Å². The number of amides is 1. The zero-order chi connectivity index (χ0) is 23.7. The van der Waals surface area contributed by atoms with Gasteiger partial charge in [-0.2, -0.15) is 5.26 Å². The van der Waals surface area contributed by atoms with E-state index in [0.717, 1.165) is 17.5 Å². The van der Waals surface area contributed by atoms with Gasteiger partial charge in [0.25, 0.3) is 0 Å². The van der Waals surface area contributed by atoms with Crippen molar-refractivity contribution in [3.8, 4) is 6.07 Å². The Kier molecular flexibility index (Phi) is 9.77. The van der Waals surface area contributed by atoms with Crippen LogP contribution in [0.3, 0.4) is 0 Å². The van der Waals surface area contributed by atoms with Crippen molar-refractivity contribution in [1.82, 2.24) is 4.90 Å². The van der Waals surface area contributed by atoms with E-state index >= 15 is 0 Å². The van der Waals surface area contributed by atoms with Gasteiger partial charge in [0, 0.05) is 19.5 Å². The van der Waals surface area contributed by atoms with Gasteiger partial charge < -0.3 is 14.4 Å². The van der Waals surface area contributed by atoms with Gasteiger partial charge in [0.05, 0.1) is 18.6 Å². The molecule has 1 unspecified atom stereocenters. The fourth-order valence-electron chi connectivity index (χ4n) is 3.19. The molecule has 1 aromatic carbocycles. The molecule has 0 radical (unpaired) electrons. The molecule has 0 bridgehead atoms. The Morgan fingerprint density at radius 3 is 2.19 bits per heavy atom. The van der Waals surface area contributed by atoms with Crippen LogP contribution in [0.15, 0.2) is 30.3 Å². The third-order valence-corrected chi connectivity index (χ3v) is 5.06. The third kappa shape index (κ3) is 7.75. The number of rotatable bonds is 5. The first-order valence-corrected chi connectivity index (χ1v) is 10.8. The van der Waals surface area contributed by atoms with Crippen LogP contribution in [-0.2, 0) is 19.7 Å². The molecule has 6 nitrogen and oxygen atoms in total. The highest BCUT2D eigenvalue weighted by molar-refractivity contribution is 5.73. The van der Waals surface area contributed by atoms with Crippen molar-refractivity contribution in [3.05, 3.63) is 41.5 Å². The number of benzene rings is 1. The highest BCUT2D eigenvalue weighted by atomic mass is 16.6. The van der Waals surface area contributed by atoms with E-state index in [1.54, 1.807) is 4.90 Å². The van der Waals surface area contributed by atoms with Crippen LogP contribution in [0.2, 0.25) is 0 Å². The molecule has 2 rings (SSSR count). The highest BCUT2D eigenvalue weighted by Gasteiger charge is 2.28. The van der Waals surface area contributed by atoms with Crippen molar-refractivity contribution in [3.63, 3.8) is 0 Å². The van der Waals surface area contributed by atoms with Crippen LogP contribution >= 0.6 is 0 Å². The summed E-state index contributed by atoms with van der Waals surface area (Å²) in [6.07, 6.45) is 3.11. The number of hydrogen-bond donors (Lipinski definition) is 0. The molecular formula is C25H36N2O4. The minimum atomic E-state index is -0.749. The number of nitriles is 1. The number of hydrogen-bond acceptors (Lipinski definition) is 5. The monoisotopic (exact) mass is 428 g/mol. The van der Waals surface area contributed by atoms with E-state index in [1.165, 1.54) is 12.7 Å². The molecule has 0 fully saturated rings. The first kappa shape index (κ1) is 26.2. The molecule has 1 amide bonds. The van der Waals surface area contributed by atoms with Crippen molar-refractivity contribution in [2.24, 2.45) is 0 Å². The summed E-state index contributed by atoms with van der Waals surface area (Å²) in [5.41, 5.74) is 1.87. The van der Waals surface area contributed by atoms with Crippen LogP contribution in [0, 0.1) is 11.3 Å². The molecule has 1 atom stereocenters. The molecular weight excluding hydrogens is 392 g/mol. The first-order chi connectivity index (χ1) is 14.6. The standard InChI is InChI=1S/C23H30N2O4.C2H6/c1-22(2,3)29-21(27)25-14-11-18(12-15-25)17-6-8-19(9-7-17)23(4,16-24)13-10-20(26)28-5;1-2/h6-9,11H,10,12-15H2,1-5H3;1-2H3. The second-order valence-electron chi connectivity index (χ2n) is 8.50. The first-order valence-electron chi connectivity index (χ1n) is 10.8. The van der Waals surface area contributed by atoms with Crippen molar-refractivity contribution < 1.29 is 19.1 Å². The lowest BCUT2D eigenvalue weighted by Gasteiger charge is -2.29. The molecule has 170 valence electrons. The van der Waals surface area contributed by atoms with E-state index in [2.05, 4.69) is 10.8 Å². The average Bonchev–Trinajstić information content (AvgIpc) is 2.77. The molecule has 0 saturated heterocycles. The fraction of sp³-hybridized carbons (Fsp3) is 0.560. The fourth-order valence-corrected chi connectivity index (χ4v) is 3.19. The number of methoxy groups -OCH3 is 1. The van der Waals surface area contributed by atoms with Crippen LogP contribution in [0.1, 0.15) is 71.9 Å². The summed E-state index contributed by atoms with van der Waals surface area (Å²) in [5, 5.41) is 9.64. The molecule has 6 heteroatoms. The van der Waals surface area contributed by atoms with E-state index in [1.807, 2.05) is 71.9 Å². The molecule has 0 saturated carbocycles. The van der Waals surface area contributed by atoms with Crippen LogP contribution in [0.4, 0.5) is 4.79 Å². The Bertz CT molecular complexity index is 815.